The van der Waals surface area contributed by atoms with Crippen molar-refractivity contribution < 1.29 is 44.0 Å². The molecule has 1 amide bonds. The van der Waals surface area contributed by atoms with Gasteiger partial charge in [-0.15, -0.1) is 0 Å². The van der Waals surface area contributed by atoms with Crippen molar-refractivity contribution >= 4 is 23.0 Å². The number of aliphatic hydroxyl groups is 2. The largest absolute Gasteiger partial charge is 0.504 e. The van der Waals surface area contributed by atoms with E-state index in [1.165, 1.54) is 7.11 Å². The van der Waals surface area contributed by atoms with Crippen molar-refractivity contribution in [3.05, 3.63) is 80.2 Å². The summed E-state index contributed by atoms with van der Waals surface area (Å²) in [5, 5.41) is 34.5. The van der Waals surface area contributed by atoms with Gasteiger partial charge in [0, 0.05) is 36.3 Å². The predicted octanol–water partition coefficient (Wildman–Crippen LogP) is 0.805. The normalized spacial score (nSPS) is 31.1. The smallest absolute Gasteiger partial charge is 0.254 e. The molecule has 11 nitrogen and oxygen atoms in total. The number of ketones is 1. The Balaban J connectivity index is 1.58. The molecule has 0 bridgehead atoms. The molecule has 0 spiro atoms. The first-order chi connectivity index (χ1) is 20.0. The van der Waals surface area contributed by atoms with E-state index in [4.69, 9.17) is 19.9 Å². The second-order valence-electron chi connectivity index (χ2n) is 11.2. The molecule has 220 valence electrons. The highest BCUT2D eigenvalue weighted by atomic mass is 16.7. The number of aromatic hydroxyl groups is 1. The van der Waals surface area contributed by atoms with Crippen molar-refractivity contribution in [2.45, 2.75) is 69.9 Å². The van der Waals surface area contributed by atoms with E-state index in [0.29, 0.717) is 40.9 Å². The van der Waals surface area contributed by atoms with Gasteiger partial charge in [-0.3, -0.25) is 19.3 Å². The molecule has 3 aliphatic heterocycles. The maximum Gasteiger partial charge on any atom is 0.254 e. The number of methoxy groups -OCH3 is 1. The van der Waals surface area contributed by atoms with E-state index in [1.54, 1.807) is 31.2 Å². The minimum Gasteiger partial charge on any atom is -0.504 e. The van der Waals surface area contributed by atoms with Gasteiger partial charge in [-0.1, -0.05) is 19.1 Å². The average molecular weight is 578 g/mol. The molecule has 1 saturated heterocycles. The molecule has 2 unspecified atom stereocenters. The first-order valence-corrected chi connectivity index (χ1v) is 13.9. The lowest BCUT2D eigenvalue weighted by Gasteiger charge is -2.44. The number of aliphatic hydroxyl groups excluding tert-OH is 1. The van der Waals surface area contributed by atoms with Gasteiger partial charge in [-0.05, 0) is 38.5 Å². The summed E-state index contributed by atoms with van der Waals surface area (Å²) >= 11 is 0. The van der Waals surface area contributed by atoms with E-state index in [9.17, 15) is 29.7 Å². The molecule has 1 fully saturated rings. The standard InChI is InChI=1S/C31H32N2O9/c1-5-8-19-22-16(11-13(2)33(19)18-10-7-6-9-15(18)29(32)38)21-17(24(22)35)12-20(34)23-27(25(21)36)42-30-31(23,39)28(37)26(40-4)14(3)41-30/h6-7,9-14,26,28,30,36-37,39H,5,8H2,1-4H3,(H2,32,38)/p+1/t13?,14-,26-,28-,30-,31+/m1/s1. The predicted molar refractivity (Wildman–Crippen MR) is 149 cm³/mol. The van der Waals surface area contributed by atoms with Crippen LogP contribution in [0.2, 0.25) is 0 Å². The number of primary amides is 1. The van der Waals surface area contributed by atoms with Crippen molar-refractivity contribution in [3.63, 3.8) is 0 Å². The lowest BCUT2D eigenvalue weighted by Crippen LogP contribution is -3.09. The van der Waals surface area contributed by atoms with E-state index >= 15 is 0 Å². The van der Waals surface area contributed by atoms with Crippen molar-refractivity contribution in [1.29, 1.82) is 0 Å². The fourth-order valence-corrected chi connectivity index (χ4v) is 6.97. The van der Waals surface area contributed by atoms with E-state index in [2.05, 4.69) is 0 Å². The molecule has 11 heteroatoms. The molecule has 1 aliphatic carbocycles. The molecular weight excluding hydrogens is 544 g/mol. The number of carbonyl (C=O) groups excluding carboxylic acids is 2. The fraction of sp³-hybridized carbons (Fsp3) is 0.387. The maximum absolute atomic E-state index is 14.1. The van der Waals surface area contributed by atoms with Gasteiger partial charge in [-0.25, -0.2) is 0 Å². The first kappa shape index (κ1) is 28.3. The van der Waals surface area contributed by atoms with E-state index < -0.39 is 58.6 Å². The van der Waals surface area contributed by atoms with E-state index in [0.717, 1.165) is 11.0 Å². The lowest BCUT2D eigenvalue weighted by molar-refractivity contribution is -0.812. The Labute approximate surface area is 241 Å². The van der Waals surface area contributed by atoms with Gasteiger partial charge in [0.15, 0.2) is 28.3 Å². The number of benzene rings is 1. The molecule has 2 aromatic rings. The SMILES string of the molecule is CCCC1=C2C(=O)c3cc(=O)c4c(c(O)c3C2=CC(C)[NH+]1c1ccccc1C(N)=O)O[C@H]1O[C@H](C)[C@@H](OC)[C@@H](O)[C@@]41O. The maximum atomic E-state index is 14.1. The van der Waals surface area contributed by atoms with Gasteiger partial charge in [-0.2, -0.15) is 0 Å². The van der Waals surface area contributed by atoms with Crippen molar-refractivity contribution in [1.82, 2.24) is 0 Å². The van der Waals surface area contributed by atoms with Crippen LogP contribution in [0.3, 0.4) is 0 Å². The van der Waals surface area contributed by atoms with Crippen molar-refractivity contribution in [2.24, 2.45) is 5.73 Å². The van der Waals surface area contributed by atoms with Gasteiger partial charge in [0.2, 0.25) is 6.29 Å². The van der Waals surface area contributed by atoms with Gasteiger partial charge in [0.1, 0.15) is 35.2 Å². The third kappa shape index (κ3) is 3.68. The van der Waals surface area contributed by atoms with Crippen LogP contribution in [-0.4, -0.2) is 64.8 Å². The number of ether oxygens (including phenoxy) is 3. The number of nitrogens with two attached hydrogens (primary N) is 1. The second-order valence-corrected chi connectivity index (χ2v) is 11.2. The number of fused-ring (bicyclic) bond motifs is 6. The van der Waals surface area contributed by atoms with Gasteiger partial charge in [0.05, 0.1) is 17.2 Å². The van der Waals surface area contributed by atoms with E-state index in [-0.39, 0.29) is 22.9 Å². The molecule has 6 rings (SSSR count). The summed E-state index contributed by atoms with van der Waals surface area (Å²) in [5.41, 5.74) is 4.59. The van der Waals surface area contributed by atoms with Crippen LogP contribution in [-0.2, 0) is 15.1 Å². The molecule has 4 aliphatic rings. The third-order valence-corrected chi connectivity index (χ3v) is 8.78. The van der Waals surface area contributed by atoms with Crippen LogP contribution >= 0.6 is 0 Å². The number of hydrogen-bond acceptors (Lipinski definition) is 9. The fourth-order valence-electron chi connectivity index (χ4n) is 6.97. The minimum atomic E-state index is -2.35. The number of carbonyl (C=O) groups is 2. The molecule has 0 aromatic heterocycles. The summed E-state index contributed by atoms with van der Waals surface area (Å²) in [6.07, 6.45) is -1.83. The zero-order valence-electron chi connectivity index (χ0n) is 23.6. The zero-order valence-corrected chi connectivity index (χ0v) is 23.6. The summed E-state index contributed by atoms with van der Waals surface area (Å²) < 4.78 is 16.9. The number of nitrogens with one attached hydrogen (secondary N) is 1. The quantitative estimate of drug-likeness (QED) is 0.345. The second kappa shape index (κ2) is 9.85. The monoisotopic (exact) mass is 577 g/mol. The Bertz CT molecular complexity index is 1660. The van der Waals surface area contributed by atoms with Crippen LogP contribution in [0.5, 0.6) is 11.5 Å². The van der Waals surface area contributed by atoms with Crippen molar-refractivity contribution in [3.8, 4) is 11.5 Å². The zero-order chi connectivity index (χ0) is 30.2. The highest BCUT2D eigenvalue weighted by Gasteiger charge is 2.63. The molecule has 0 radical (unpaired) electrons. The third-order valence-electron chi connectivity index (χ3n) is 8.78. The summed E-state index contributed by atoms with van der Waals surface area (Å²) in [6, 6.07) is 7.72. The van der Waals surface area contributed by atoms with Crippen LogP contribution in [0, 0.1) is 0 Å². The van der Waals surface area contributed by atoms with Gasteiger partial charge >= 0.3 is 0 Å². The van der Waals surface area contributed by atoms with Crippen LogP contribution in [0.4, 0.5) is 5.69 Å². The first-order valence-electron chi connectivity index (χ1n) is 13.9. The van der Waals surface area contributed by atoms with Crippen LogP contribution in [0.15, 0.2) is 52.5 Å². The van der Waals surface area contributed by atoms with Gasteiger partial charge in [0.25, 0.3) is 5.91 Å². The Morgan fingerprint density at radius 2 is 1.93 bits per heavy atom. The Hall–Kier alpha value is -3.87. The number of amides is 1. The summed E-state index contributed by atoms with van der Waals surface area (Å²) in [7, 11) is 1.34. The van der Waals surface area contributed by atoms with Gasteiger partial charge < -0.3 is 35.3 Å². The Kier molecular flexibility index (Phi) is 6.63. The topological polar surface area (TPSA) is 170 Å². The molecule has 42 heavy (non-hydrogen) atoms. The lowest BCUT2D eigenvalue weighted by atomic mass is 9.82. The Morgan fingerprint density at radius 3 is 2.60 bits per heavy atom. The highest BCUT2D eigenvalue weighted by Crippen LogP contribution is 2.54. The highest BCUT2D eigenvalue weighted by molar-refractivity contribution is 6.28. The number of allylic oxidation sites excluding steroid dienone is 3. The van der Waals surface area contributed by atoms with Crippen LogP contribution < -0.4 is 20.8 Å². The van der Waals surface area contributed by atoms with Crippen molar-refractivity contribution in [2.75, 3.05) is 7.11 Å². The molecule has 0 saturated carbocycles. The minimum absolute atomic E-state index is 0.0509. The number of para-hydroxylation sites is 1. The number of Topliss-reactive ketones (excluding diaryl/α,β-unsaturated/α-hetero) is 1. The number of rotatable bonds is 5. The molecule has 6 N–H and O–H groups in total. The molecular formula is C31H33N2O9+. The number of quaternary nitrogens is 1. The summed E-state index contributed by atoms with van der Waals surface area (Å²) in [4.78, 5) is 40.9. The molecule has 2 aromatic carbocycles. The van der Waals surface area contributed by atoms with Crippen LogP contribution in [0.1, 0.15) is 65.5 Å². The molecule has 3 heterocycles. The summed E-state index contributed by atoms with van der Waals surface area (Å²) in [5.74, 6) is -1.94. The van der Waals surface area contributed by atoms with Crippen LogP contribution in [0.25, 0.3) is 5.57 Å². The average Bonchev–Trinajstić information content (AvgIpc) is 3.35. The number of hydrogen-bond donors (Lipinski definition) is 5. The molecule has 7 atom stereocenters. The Morgan fingerprint density at radius 1 is 1.21 bits per heavy atom. The van der Waals surface area contributed by atoms with E-state index in [1.807, 2.05) is 19.9 Å². The summed E-state index contributed by atoms with van der Waals surface area (Å²) in [6.45, 7) is 5.52.